The van der Waals surface area contributed by atoms with Crippen molar-refractivity contribution in [2.75, 3.05) is 41.2 Å². The highest BCUT2D eigenvalue weighted by molar-refractivity contribution is 5.88. The Morgan fingerprint density at radius 3 is 2.00 bits per heavy atom. The number of esters is 2. The molecular weight excluding hydrogens is 684 g/mol. The third kappa shape index (κ3) is 8.87. The predicted molar refractivity (Wildman–Crippen MR) is 170 cm³/mol. The van der Waals surface area contributed by atoms with Crippen molar-refractivity contribution in [3.05, 3.63) is 53.6 Å². The Balaban J connectivity index is 1.47. The molecule has 0 bridgehead atoms. The van der Waals surface area contributed by atoms with E-state index >= 15 is 0 Å². The first-order valence-corrected chi connectivity index (χ1v) is 15.3. The number of ether oxygens (including phenoxy) is 8. The molecule has 2 aromatic rings. The second-order valence-electron chi connectivity index (χ2n) is 11.3. The maximum absolute atomic E-state index is 12.8. The van der Waals surface area contributed by atoms with Gasteiger partial charge in [-0.25, -0.2) is 9.59 Å². The summed E-state index contributed by atoms with van der Waals surface area (Å²) < 4.78 is 42.5. The molecule has 280 valence electrons. The Morgan fingerprint density at radius 2 is 1.39 bits per heavy atom. The zero-order valence-corrected chi connectivity index (χ0v) is 27.6. The standard InChI is InChI=1S/C33H40O18/c1-44-19-10-16(4-7-18(19)36)5-9-25(38)49-31-28(41)22(13-34)50-33(31,15-35)51-32-30(43)29(42)27(40)23(48-32)14-47-24(37)8-6-17-11-20(45-2)26(39)21(12-17)46-3/h4-12,22-23,27-32,34-36,39-43H,13-15H2,1-3H3/t22-,23-,27-,28-,29+,30-,31+,32-,33+/m1/s1. The van der Waals surface area contributed by atoms with Gasteiger partial charge >= 0.3 is 11.9 Å². The van der Waals surface area contributed by atoms with Crippen LogP contribution >= 0.6 is 0 Å². The third-order valence-electron chi connectivity index (χ3n) is 8.02. The Labute approximate surface area is 290 Å². The minimum Gasteiger partial charge on any atom is -0.504 e. The molecule has 0 spiro atoms. The molecule has 18 heteroatoms. The van der Waals surface area contributed by atoms with Crippen molar-refractivity contribution in [2.45, 2.75) is 54.8 Å². The van der Waals surface area contributed by atoms with E-state index in [1.165, 1.54) is 63.8 Å². The monoisotopic (exact) mass is 724 g/mol. The van der Waals surface area contributed by atoms with E-state index in [0.29, 0.717) is 11.1 Å². The smallest absolute Gasteiger partial charge is 0.331 e. The molecule has 2 aromatic carbocycles. The van der Waals surface area contributed by atoms with Crippen LogP contribution in [0.25, 0.3) is 12.2 Å². The molecule has 2 saturated heterocycles. The lowest BCUT2D eigenvalue weighted by Crippen LogP contribution is -2.63. The molecule has 2 aliphatic rings. The van der Waals surface area contributed by atoms with Gasteiger partial charge in [0, 0.05) is 12.2 Å². The predicted octanol–water partition coefficient (Wildman–Crippen LogP) is -1.43. The fraction of sp³-hybridized carbons (Fsp3) is 0.455. The minimum absolute atomic E-state index is 0.0769. The summed E-state index contributed by atoms with van der Waals surface area (Å²) in [6.07, 6.45) is -9.77. The van der Waals surface area contributed by atoms with Gasteiger partial charge in [-0.05, 0) is 47.5 Å². The number of aliphatic hydroxyl groups is 6. The van der Waals surface area contributed by atoms with Crippen LogP contribution < -0.4 is 14.2 Å². The number of carbonyl (C=O) groups excluding carboxylic acids is 2. The van der Waals surface area contributed by atoms with Gasteiger partial charge in [0.25, 0.3) is 0 Å². The molecule has 2 fully saturated rings. The number of rotatable bonds is 14. The van der Waals surface area contributed by atoms with Crippen molar-refractivity contribution < 1.29 is 88.3 Å². The molecule has 8 N–H and O–H groups in total. The van der Waals surface area contributed by atoms with E-state index in [4.69, 9.17) is 37.9 Å². The van der Waals surface area contributed by atoms with E-state index < -0.39 is 86.6 Å². The van der Waals surface area contributed by atoms with Gasteiger partial charge < -0.3 is 78.7 Å². The Kier molecular flexibility index (Phi) is 13.2. The van der Waals surface area contributed by atoms with Crippen LogP contribution in [0.1, 0.15) is 11.1 Å². The average Bonchev–Trinajstić information content (AvgIpc) is 3.39. The molecule has 0 unspecified atom stereocenters. The molecular formula is C33H40O18. The summed E-state index contributed by atoms with van der Waals surface area (Å²) >= 11 is 0. The molecule has 2 heterocycles. The number of methoxy groups -OCH3 is 3. The van der Waals surface area contributed by atoms with Gasteiger partial charge in [-0.15, -0.1) is 0 Å². The van der Waals surface area contributed by atoms with Gasteiger partial charge in [-0.3, -0.25) is 0 Å². The fourth-order valence-corrected chi connectivity index (χ4v) is 5.27. The first-order valence-electron chi connectivity index (χ1n) is 15.3. The van der Waals surface area contributed by atoms with Gasteiger partial charge in [-0.2, -0.15) is 0 Å². The van der Waals surface area contributed by atoms with E-state index in [1.54, 1.807) is 0 Å². The number of aromatic hydroxyl groups is 2. The van der Waals surface area contributed by atoms with Gasteiger partial charge in [0.2, 0.25) is 11.5 Å². The minimum atomic E-state index is -2.48. The van der Waals surface area contributed by atoms with Crippen LogP contribution in [0.15, 0.2) is 42.5 Å². The lowest BCUT2D eigenvalue weighted by Gasteiger charge is -2.43. The summed E-state index contributed by atoms with van der Waals surface area (Å²) in [4.78, 5) is 25.3. The zero-order chi connectivity index (χ0) is 37.5. The van der Waals surface area contributed by atoms with Gasteiger partial charge in [0.15, 0.2) is 35.4 Å². The van der Waals surface area contributed by atoms with E-state index in [9.17, 15) is 50.4 Å². The van der Waals surface area contributed by atoms with Gasteiger partial charge in [-0.1, -0.05) is 6.07 Å². The zero-order valence-electron chi connectivity index (χ0n) is 27.6. The molecule has 0 radical (unpaired) electrons. The second-order valence-corrected chi connectivity index (χ2v) is 11.3. The normalized spacial score (nSPS) is 29.3. The maximum atomic E-state index is 12.8. The van der Waals surface area contributed by atoms with Crippen molar-refractivity contribution in [1.29, 1.82) is 0 Å². The molecule has 0 amide bonds. The Morgan fingerprint density at radius 1 is 0.784 bits per heavy atom. The van der Waals surface area contributed by atoms with Gasteiger partial charge in [0.05, 0.1) is 27.9 Å². The molecule has 4 rings (SSSR count). The summed E-state index contributed by atoms with van der Waals surface area (Å²) in [5.74, 6) is -4.59. The van der Waals surface area contributed by atoms with Crippen LogP contribution in [0.2, 0.25) is 0 Å². The summed E-state index contributed by atoms with van der Waals surface area (Å²) in [7, 11) is 3.98. The largest absolute Gasteiger partial charge is 0.504 e. The second kappa shape index (κ2) is 17.1. The Bertz CT molecular complexity index is 1550. The summed E-state index contributed by atoms with van der Waals surface area (Å²) in [5.41, 5.74) is 0.803. The van der Waals surface area contributed by atoms with Crippen LogP contribution in [0.4, 0.5) is 0 Å². The molecule has 9 atom stereocenters. The highest BCUT2D eigenvalue weighted by Crippen LogP contribution is 2.39. The topological polar surface area (TPSA) is 270 Å². The molecule has 18 nitrogen and oxygen atoms in total. The molecule has 0 aliphatic carbocycles. The van der Waals surface area contributed by atoms with Crippen LogP contribution in [-0.2, 0) is 33.3 Å². The highest BCUT2D eigenvalue weighted by atomic mass is 16.8. The van der Waals surface area contributed by atoms with Crippen LogP contribution in [0.5, 0.6) is 28.7 Å². The van der Waals surface area contributed by atoms with Crippen molar-refractivity contribution in [2.24, 2.45) is 0 Å². The van der Waals surface area contributed by atoms with E-state index in [0.717, 1.165) is 12.2 Å². The quantitative estimate of drug-likeness (QED) is 0.0819. The number of phenols is 2. The highest BCUT2D eigenvalue weighted by Gasteiger charge is 2.60. The van der Waals surface area contributed by atoms with Crippen LogP contribution in [-0.4, -0.2) is 149 Å². The van der Waals surface area contributed by atoms with Crippen LogP contribution in [0.3, 0.4) is 0 Å². The van der Waals surface area contributed by atoms with Crippen LogP contribution in [0, 0.1) is 0 Å². The number of aliphatic hydroxyl groups excluding tert-OH is 6. The summed E-state index contributed by atoms with van der Waals surface area (Å²) in [6, 6.07) is 7.06. The van der Waals surface area contributed by atoms with E-state index in [1.807, 2.05) is 0 Å². The number of hydrogen-bond acceptors (Lipinski definition) is 18. The summed E-state index contributed by atoms with van der Waals surface area (Å²) in [5, 5.41) is 82.7. The third-order valence-corrected chi connectivity index (χ3v) is 8.02. The average molecular weight is 725 g/mol. The number of hydrogen-bond donors (Lipinski definition) is 8. The van der Waals surface area contributed by atoms with Crippen molar-refractivity contribution in [3.63, 3.8) is 0 Å². The van der Waals surface area contributed by atoms with Gasteiger partial charge in [0.1, 0.15) is 49.8 Å². The Hall–Kier alpha value is -4.50. The fourth-order valence-electron chi connectivity index (χ4n) is 5.27. The molecule has 51 heavy (non-hydrogen) atoms. The number of benzene rings is 2. The van der Waals surface area contributed by atoms with Crippen molar-refractivity contribution in [3.8, 4) is 28.7 Å². The first-order chi connectivity index (χ1) is 24.3. The molecule has 2 aliphatic heterocycles. The summed E-state index contributed by atoms with van der Waals surface area (Å²) in [6.45, 7) is -2.65. The molecule has 0 aromatic heterocycles. The SMILES string of the molecule is COc1cc(C=CC(=O)O[C@H]2[C@H](O)[C@@H](CO)O[C@@]2(CO)O[C@H]2O[C@H](COC(=O)C=Cc3cc(OC)c(O)c(OC)c3)[C@@H](O)[C@H](O)[C@H]2O)ccc1O. The van der Waals surface area contributed by atoms with E-state index in [2.05, 4.69) is 0 Å². The lowest BCUT2D eigenvalue weighted by atomic mass is 9.99. The number of carbonyl (C=O) groups is 2. The van der Waals surface area contributed by atoms with E-state index in [-0.39, 0.29) is 28.7 Å². The van der Waals surface area contributed by atoms with Crippen molar-refractivity contribution in [1.82, 2.24) is 0 Å². The first kappa shape index (κ1) is 39.3. The lowest BCUT2D eigenvalue weighted by molar-refractivity contribution is -0.383. The maximum Gasteiger partial charge on any atom is 0.331 e. The molecule has 0 saturated carbocycles. The number of phenolic OH excluding ortho intramolecular Hbond substituents is 2. The van der Waals surface area contributed by atoms with Crippen molar-refractivity contribution >= 4 is 24.1 Å².